The first-order chi connectivity index (χ1) is 15.2. The number of hydrogen-bond donors (Lipinski definition) is 1. The van der Waals surface area contributed by atoms with Gasteiger partial charge in [0, 0.05) is 38.9 Å². The summed E-state index contributed by atoms with van der Waals surface area (Å²) in [6.07, 6.45) is 7.76. The summed E-state index contributed by atoms with van der Waals surface area (Å²) in [5.41, 5.74) is 3.31. The van der Waals surface area contributed by atoms with E-state index in [1.807, 2.05) is 23.2 Å². The highest BCUT2D eigenvalue weighted by Gasteiger charge is 2.22. The Labute approximate surface area is 184 Å². The molecule has 2 aliphatic rings. The third-order valence-electron chi connectivity index (χ3n) is 6.19. The van der Waals surface area contributed by atoms with Gasteiger partial charge >= 0.3 is 6.03 Å². The fourth-order valence-corrected chi connectivity index (χ4v) is 4.35. The number of nitrogens with zero attached hydrogens (tertiary/aromatic N) is 3. The van der Waals surface area contributed by atoms with E-state index in [2.05, 4.69) is 27.3 Å². The van der Waals surface area contributed by atoms with Crippen LogP contribution in [0.25, 0.3) is 0 Å². The number of nitrogens with one attached hydrogen (secondary N) is 1. The van der Waals surface area contributed by atoms with Crippen LogP contribution in [-0.4, -0.2) is 49.8 Å². The van der Waals surface area contributed by atoms with Crippen LogP contribution in [-0.2, 0) is 19.5 Å². The van der Waals surface area contributed by atoms with Gasteiger partial charge in [-0.1, -0.05) is 18.9 Å². The van der Waals surface area contributed by atoms with Gasteiger partial charge in [-0.2, -0.15) is 0 Å². The summed E-state index contributed by atoms with van der Waals surface area (Å²) in [7, 11) is 3.27. The van der Waals surface area contributed by atoms with Crippen LogP contribution in [0.2, 0.25) is 0 Å². The second-order valence-corrected chi connectivity index (χ2v) is 8.23. The maximum Gasteiger partial charge on any atom is 0.317 e. The lowest BCUT2D eigenvalue weighted by Crippen LogP contribution is -2.42. The lowest BCUT2D eigenvalue weighted by Gasteiger charge is -2.29. The van der Waals surface area contributed by atoms with Gasteiger partial charge in [-0.15, -0.1) is 0 Å². The van der Waals surface area contributed by atoms with Crippen molar-refractivity contribution in [3.05, 3.63) is 47.2 Å². The maximum atomic E-state index is 12.7. The Kier molecular flexibility index (Phi) is 6.79. The van der Waals surface area contributed by atoms with E-state index < -0.39 is 0 Å². The Morgan fingerprint density at radius 1 is 1.00 bits per heavy atom. The van der Waals surface area contributed by atoms with Crippen LogP contribution in [0.4, 0.5) is 10.6 Å². The molecule has 0 saturated carbocycles. The number of carbonyl (C=O) groups excluding carboxylic acids is 1. The van der Waals surface area contributed by atoms with E-state index in [1.165, 1.54) is 31.2 Å². The molecule has 1 fully saturated rings. The van der Waals surface area contributed by atoms with Gasteiger partial charge in [0.05, 0.1) is 14.2 Å². The molecule has 0 spiro atoms. The molecule has 0 aliphatic carbocycles. The van der Waals surface area contributed by atoms with E-state index in [0.29, 0.717) is 25.4 Å². The molecule has 1 N–H and O–H groups in total. The molecule has 7 nitrogen and oxygen atoms in total. The number of urea groups is 1. The van der Waals surface area contributed by atoms with Crippen molar-refractivity contribution in [1.82, 2.24) is 15.2 Å². The molecule has 2 amide bonds. The van der Waals surface area contributed by atoms with Crippen molar-refractivity contribution < 1.29 is 14.3 Å². The Bertz CT molecular complexity index is 892. The normalized spacial score (nSPS) is 16.3. The summed E-state index contributed by atoms with van der Waals surface area (Å²) in [5.74, 6) is 2.46. The van der Waals surface area contributed by atoms with Crippen molar-refractivity contribution in [1.29, 1.82) is 0 Å². The number of anilines is 1. The molecule has 1 aromatic carbocycles. The monoisotopic (exact) mass is 424 g/mol. The number of aromatic nitrogens is 1. The minimum Gasteiger partial charge on any atom is -0.493 e. The lowest BCUT2D eigenvalue weighted by atomic mass is 9.99. The molecule has 0 bridgehead atoms. The highest BCUT2D eigenvalue weighted by molar-refractivity contribution is 5.74. The quantitative estimate of drug-likeness (QED) is 0.792. The zero-order chi connectivity index (χ0) is 21.6. The van der Waals surface area contributed by atoms with E-state index >= 15 is 0 Å². The van der Waals surface area contributed by atoms with Gasteiger partial charge in [0.15, 0.2) is 11.5 Å². The van der Waals surface area contributed by atoms with Gasteiger partial charge in [0.25, 0.3) is 0 Å². The minimum atomic E-state index is -0.0583. The topological polar surface area (TPSA) is 66.9 Å². The predicted octanol–water partition coefficient (Wildman–Crippen LogP) is 3.75. The molecule has 4 rings (SSSR count). The summed E-state index contributed by atoms with van der Waals surface area (Å²) < 4.78 is 10.8. The third kappa shape index (κ3) is 5.03. The molecular formula is C24H32N4O3. The van der Waals surface area contributed by atoms with Crippen molar-refractivity contribution >= 4 is 11.8 Å². The van der Waals surface area contributed by atoms with Crippen molar-refractivity contribution in [3.8, 4) is 11.5 Å². The maximum absolute atomic E-state index is 12.7. The molecular weight excluding hydrogens is 392 g/mol. The first-order valence-electron chi connectivity index (χ1n) is 11.1. The molecule has 31 heavy (non-hydrogen) atoms. The number of methoxy groups -OCH3 is 2. The molecule has 1 aromatic heterocycles. The number of carbonyl (C=O) groups is 1. The number of fused-ring (bicyclic) bond motifs is 1. The molecule has 0 radical (unpaired) electrons. The second-order valence-electron chi connectivity index (χ2n) is 8.23. The van der Waals surface area contributed by atoms with Crippen molar-refractivity contribution in [2.24, 2.45) is 0 Å². The number of ether oxygens (including phenoxy) is 2. The van der Waals surface area contributed by atoms with Crippen molar-refractivity contribution in [2.75, 3.05) is 38.8 Å². The van der Waals surface area contributed by atoms with Crippen LogP contribution in [0, 0.1) is 0 Å². The van der Waals surface area contributed by atoms with E-state index in [9.17, 15) is 4.79 Å². The standard InChI is InChI=1S/C24H32N4O3/c1-30-21-13-19-9-12-28(17-20(19)14-22(21)31-2)24(29)26-16-18-7-8-23(25-15-18)27-10-5-3-4-6-11-27/h7-8,13-15H,3-6,9-12,16-17H2,1-2H3,(H,26,29). The second kappa shape index (κ2) is 9.90. The fourth-order valence-electron chi connectivity index (χ4n) is 4.35. The number of amides is 2. The predicted molar refractivity (Wildman–Crippen MR) is 121 cm³/mol. The van der Waals surface area contributed by atoms with Crippen LogP contribution in [0.3, 0.4) is 0 Å². The summed E-state index contributed by atoms with van der Waals surface area (Å²) >= 11 is 0. The van der Waals surface area contributed by atoms with E-state index in [-0.39, 0.29) is 6.03 Å². The molecule has 2 aliphatic heterocycles. The summed E-state index contributed by atoms with van der Waals surface area (Å²) in [4.78, 5) is 21.6. The lowest BCUT2D eigenvalue weighted by molar-refractivity contribution is 0.191. The Hall–Kier alpha value is -2.96. The van der Waals surface area contributed by atoms with Gasteiger partial charge in [-0.25, -0.2) is 9.78 Å². The third-order valence-corrected chi connectivity index (χ3v) is 6.19. The van der Waals surface area contributed by atoms with Crippen LogP contribution in [0.5, 0.6) is 11.5 Å². The Morgan fingerprint density at radius 3 is 2.35 bits per heavy atom. The zero-order valence-corrected chi connectivity index (χ0v) is 18.5. The minimum absolute atomic E-state index is 0.0583. The van der Waals surface area contributed by atoms with Gasteiger partial charge in [-0.3, -0.25) is 0 Å². The van der Waals surface area contributed by atoms with Crippen molar-refractivity contribution in [2.45, 2.75) is 45.2 Å². The number of hydrogen-bond acceptors (Lipinski definition) is 5. The number of pyridine rings is 1. The van der Waals surface area contributed by atoms with Gasteiger partial charge in [0.2, 0.25) is 0 Å². The molecule has 3 heterocycles. The van der Waals surface area contributed by atoms with E-state index in [4.69, 9.17) is 9.47 Å². The molecule has 0 atom stereocenters. The Morgan fingerprint density at radius 2 is 1.71 bits per heavy atom. The largest absolute Gasteiger partial charge is 0.493 e. The molecule has 2 aromatic rings. The average molecular weight is 425 g/mol. The average Bonchev–Trinajstić information content (AvgIpc) is 3.11. The van der Waals surface area contributed by atoms with E-state index in [1.54, 1.807) is 14.2 Å². The number of benzene rings is 1. The fraction of sp³-hybridized carbons (Fsp3) is 0.500. The summed E-state index contributed by atoms with van der Waals surface area (Å²) in [5, 5.41) is 3.04. The van der Waals surface area contributed by atoms with Gasteiger partial charge < -0.3 is 24.6 Å². The SMILES string of the molecule is COc1cc2c(cc1OC)CN(C(=O)NCc1ccc(N3CCCCCC3)nc1)CC2. The zero-order valence-electron chi connectivity index (χ0n) is 18.5. The van der Waals surface area contributed by atoms with Crippen LogP contribution < -0.4 is 19.7 Å². The van der Waals surface area contributed by atoms with Gasteiger partial charge in [0.1, 0.15) is 5.82 Å². The van der Waals surface area contributed by atoms with Crippen LogP contribution >= 0.6 is 0 Å². The van der Waals surface area contributed by atoms with Gasteiger partial charge in [-0.05, 0) is 54.2 Å². The molecule has 166 valence electrons. The van der Waals surface area contributed by atoms with Crippen LogP contribution in [0.1, 0.15) is 42.4 Å². The smallest absolute Gasteiger partial charge is 0.317 e. The van der Waals surface area contributed by atoms with E-state index in [0.717, 1.165) is 42.2 Å². The molecule has 0 unspecified atom stereocenters. The highest BCUT2D eigenvalue weighted by Crippen LogP contribution is 2.33. The molecule has 7 heteroatoms. The Balaban J connectivity index is 1.33. The first kappa shape index (κ1) is 21.3. The first-order valence-corrected chi connectivity index (χ1v) is 11.1. The molecule has 1 saturated heterocycles. The highest BCUT2D eigenvalue weighted by atomic mass is 16.5. The van der Waals surface area contributed by atoms with Crippen molar-refractivity contribution in [3.63, 3.8) is 0 Å². The summed E-state index contributed by atoms with van der Waals surface area (Å²) in [6, 6.07) is 8.07. The number of rotatable bonds is 5. The van der Waals surface area contributed by atoms with Crippen LogP contribution in [0.15, 0.2) is 30.5 Å². The summed E-state index contributed by atoms with van der Waals surface area (Å²) in [6.45, 7) is 3.88.